The number of benzene rings is 1. The predicted molar refractivity (Wildman–Crippen MR) is 71.5 cm³/mol. The van der Waals surface area contributed by atoms with Crippen LogP contribution in [0.2, 0.25) is 0 Å². The molecule has 5 heteroatoms. The average molecular weight is 265 g/mol. The van der Waals surface area contributed by atoms with Crippen molar-refractivity contribution in [3.63, 3.8) is 0 Å². The Morgan fingerprint density at radius 2 is 2.11 bits per heavy atom. The highest BCUT2D eigenvalue weighted by molar-refractivity contribution is 7.99. The highest BCUT2D eigenvalue weighted by Crippen LogP contribution is 2.32. The maximum Gasteiger partial charge on any atom is 0.211 e. The van der Waals surface area contributed by atoms with Crippen molar-refractivity contribution in [3.05, 3.63) is 46.0 Å². The first-order chi connectivity index (χ1) is 8.68. The van der Waals surface area contributed by atoms with Gasteiger partial charge in [0.25, 0.3) is 0 Å². The highest BCUT2D eigenvalue weighted by atomic mass is 32.2. The fourth-order valence-corrected chi connectivity index (χ4v) is 3.51. The molecule has 96 valence electrons. The van der Waals surface area contributed by atoms with E-state index >= 15 is 0 Å². The topological polar surface area (TPSA) is 60.2 Å². The second kappa shape index (κ2) is 6.00. The Bertz CT molecular complexity index is 435. The molecule has 1 aromatic carbocycles. The van der Waals surface area contributed by atoms with Crippen molar-refractivity contribution in [1.29, 1.82) is 0 Å². The molecule has 18 heavy (non-hydrogen) atoms. The van der Waals surface area contributed by atoms with Crippen LogP contribution >= 0.6 is 11.8 Å². The van der Waals surface area contributed by atoms with Crippen LogP contribution in [0.5, 0.6) is 0 Å². The van der Waals surface area contributed by atoms with Crippen molar-refractivity contribution in [2.75, 3.05) is 18.1 Å². The van der Waals surface area contributed by atoms with Crippen LogP contribution in [0.3, 0.4) is 0 Å². The molecule has 2 rings (SSSR count). The monoisotopic (exact) mass is 265 g/mol. The number of rotatable bonds is 4. The number of hydrogen-bond acceptors (Lipinski definition) is 4. The maximum absolute atomic E-state index is 12.0. The number of carbonyl (C=O) groups excluding carboxylic acids is 1. The number of nitrogens with zero attached hydrogens (tertiary/aromatic N) is 1. The molecule has 1 fully saturated rings. The second-order valence-electron chi connectivity index (χ2n) is 4.43. The molecule has 1 aliphatic heterocycles. The Hall–Kier alpha value is -1.36. The van der Waals surface area contributed by atoms with Gasteiger partial charge in [0.2, 0.25) is 6.54 Å². The minimum absolute atomic E-state index is 0.166. The first kappa shape index (κ1) is 13.1. The summed E-state index contributed by atoms with van der Waals surface area (Å²) in [5.41, 5.74) is 0.898. The number of carbonyl (C=O) groups is 1. The molecule has 0 saturated carbocycles. The fraction of sp³-hybridized carbons (Fsp3) is 0.462. The van der Waals surface area contributed by atoms with Crippen molar-refractivity contribution in [1.82, 2.24) is 0 Å². The summed E-state index contributed by atoms with van der Waals surface area (Å²) >= 11 is 1.71. The van der Waals surface area contributed by atoms with Crippen LogP contribution in [0, 0.1) is 16.0 Å². The Morgan fingerprint density at radius 3 is 2.72 bits per heavy atom. The summed E-state index contributed by atoms with van der Waals surface area (Å²) in [4.78, 5) is 22.5. The smallest absolute Gasteiger partial charge is 0.211 e. The number of nitro groups is 1. The van der Waals surface area contributed by atoms with E-state index in [1.807, 2.05) is 30.3 Å². The van der Waals surface area contributed by atoms with Crippen LogP contribution in [0.15, 0.2) is 30.3 Å². The maximum atomic E-state index is 12.0. The summed E-state index contributed by atoms with van der Waals surface area (Å²) in [6, 6.07) is 9.36. The van der Waals surface area contributed by atoms with Gasteiger partial charge in [0.1, 0.15) is 5.78 Å². The predicted octanol–water partition coefficient (Wildman–Crippen LogP) is 2.37. The lowest BCUT2D eigenvalue weighted by molar-refractivity contribution is -0.484. The summed E-state index contributed by atoms with van der Waals surface area (Å²) in [6.07, 6.45) is 0.538. The van der Waals surface area contributed by atoms with E-state index in [1.54, 1.807) is 11.8 Å². The molecule has 1 aromatic rings. The number of thioether (sulfide) groups is 1. The van der Waals surface area contributed by atoms with E-state index in [2.05, 4.69) is 0 Å². The highest BCUT2D eigenvalue weighted by Gasteiger charge is 2.34. The zero-order valence-corrected chi connectivity index (χ0v) is 10.8. The molecule has 4 nitrogen and oxygen atoms in total. The SMILES string of the molecule is O=C1CCSC[C@@H]1[C@@H](C[N+](=O)[O-])c1ccccc1. The Morgan fingerprint density at radius 1 is 1.39 bits per heavy atom. The molecule has 0 N–H and O–H groups in total. The van der Waals surface area contributed by atoms with Crippen molar-refractivity contribution in [2.45, 2.75) is 12.3 Å². The molecule has 1 heterocycles. The lowest BCUT2D eigenvalue weighted by Gasteiger charge is -2.26. The Labute approximate surface area is 110 Å². The van der Waals surface area contributed by atoms with Gasteiger partial charge in [-0.25, -0.2) is 0 Å². The molecule has 0 radical (unpaired) electrons. The van der Waals surface area contributed by atoms with Gasteiger partial charge in [-0.1, -0.05) is 30.3 Å². The molecule has 0 unspecified atom stereocenters. The van der Waals surface area contributed by atoms with E-state index in [9.17, 15) is 14.9 Å². The molecule has 0 amide bonds. The van der Waals surface area contributed by atoms with Crippen molar-refractivity contribution >= 4 is 17.5 Å². The van der Waals surface area contributed by atoms with Gasteiger partial charge in [-0.2, -0.15) is 11.8 Å². The van der Waals surface area contributed by atoms with Crippen LogP contribution in [0.1, 0.15) is 17.9 Å². The minimum atomic E-state index is -0.315. The van der Waals surface area contributed by atoms with Crippen LogP contribution in [-0.4, -0.2) is 28.8 Å². The summed E-state index contributed by atoms with van der Waals surface area (Å²) in [5, 5.41) is 10.8. The number of hydrogen-bond donors (Lipinski definition) is 0. The molecular formula is C13H15NO3S. The van der Waals surface area contributed by atoms with Crippen LogP contribution in [-0.2, 0) is 4.79 Å². The number of Topliss-reactive ketones (excluding diaryl/α,β-unsaturated/α-hetero) is 1. The van der Waals surface area contributed by atoms with Gasteiger partial charge in [0.05, 0.1) is 5.92 Å². The fourth-order valence-electron chi connectivity index (χ4n) is 2.33. The zero-order valence-electron chi connectivity index (χ0n) is 9.95. The third kappa shape index (κ3) is 3.10. The third-order valence-corrected chi connectivity index (χ3v) is 4.35. The van der Waals surface area contributed by atoms with Crippen LogP contribution < -0.4 is 0 Å². The largest absolute Gasteiger partial charge is 0.299 e. The molecule has 0 aromatic heterocycles. The standard InChI is InChI=1S/C13H15NO3S/c15-13-6-7-18-9-12(13)11(8-14(16)17)10-4-2-1-3-5-10/h1-5,11-12H,6-9H2/t11-,12+/m0/s1. The molecular weight excluding hydrogens is 250 g/mol. The summed E-state index contributed by atoms with van der Waals surface area (Å²) in [5.74, 6) is 1.21. The Kier molecular flexibility index (Phi) is 4.36. The second-order valence-corrected chi connectivity index (χ2v) is 5.58. The van der Waals surface area contributed by atoms with E-state index in [0.717, 1.165) is 11.3 Å². The number of ketones is 1. The van der Waals surface area contributed by atoms with E-state index in [-0.39, 0.29) is 29.1 Å². The summed E-state index contributed by atoms with van der Waals surface area (Å²) < 4.78 is 0. The molecule has 0 bridgehead atoms. The summed E-state index contributed by atoms with van der Waals surface area (Å²) in [6.45, 7) is -0.166. The van der Waals surface area contributed by atoms with E-state index in [1.165, 1.54) is 0 Å². The van der Waals surface area contributed by atoms with Gasteiger partial charge >= 0.3 is 0 Å². The summed E-state index contributed by atoms with van der Waals surface area (Å²) in [7, 11) is 0. The van der Waals surface area contributed by atoms with E-state index in [4.69, 9.17) is 0 Å². The first-order valence-electron chi connectivity index (χ1n) is 5.95. The van der Waals surface area contributed by atoms with E-state index in [0.29, 0.717) is 12.2 Å². The van der Waals surface area contributed by atoms with Crippen LogP contribution in [0.25, 0.3) is 0 Å². The van der Waals surface area contributed by atoms with Gasteiger partial charge in [-0.15, -0.1) is 0 Å². The minimum Gasteiger partial charge on any atom is -0.299 e. The molecule has 2 atom stereocenters. The third-order valence-electron chi connectivity index (χ3n) is 3.26. The van der Waals surface area contributed by atoms with Gasteiger partial charge in [-0.3, -0.25) is 14.9 Å². The van der Waals surface area contributed by atoms with Crippen molar-refractivity contribution in [2.24, 2.45) is 5.92 Å². The zero-order chi connectivity index (χ0) is 13.0. The van der Waals surface area contributed by atoms with Gasteiger partial charge < -0.3 is 0 Å². The quantitative estimate of drug-likeness (QED) is 0.619. The van der Waals surface area contributed by atoms with Gasteiger partial charge in [0, 0.05) is 28.8 Å². The molecule has 1 saturated heterocycles. The normalized spacial score (nSPS) is 21.6. The molecule has 0 spiro atoms. The van der Waals surface area contributed by atoms with E-state index < -0.39 is 0 Å². The van der Waals surface area contributed by atoms with Crippen molar-refractivity contribution < 1.29 is 9.72 Å². The Balaban J connectivity index is 2.24. The average Bonchev–Trinajstić information content (AvgIpc) is 2.38. The lowest BCUT2D eigenvalue weighted by atomic mass is 9.83. The van der Waals surface area contributed by atoms with Crippen molar-refractivity contribution in [3.8, 4) is 0 Å². The molecule has 1 aliphatic rings. The van der Waals surface area contributed by atoms with Gasteiger partial charge in [0.15, 0.2) is 0 Å². The first-order valence-corrected chi connectivity index (χ1v) is 7.11. The van der Waals surface area contributed by atoms with Crippen LogP contribution in [0.4, 0.5) is 0 Å². The van der Waals surface area contributed by atoms with Gasteiger partial charge in [-0.05, 0) is 5.56 Å². The molecule has 0 aliphatic carbocycles. The lowest BCUT2D eigenvalue weighted by Crippen LogP contribution is -2.32.